The summed E-state index contributed by atoms with van der Waals surface area (Å²) in [7, 11) is 0. The van der Waals surface area contributed by atoms with Gasteiger partial charge in [-0.1, -0.05) is 0 Å². The third kappa shape index (κ3) is 2.46. The summed E-state index contributed by atoms with van der Waals surface area (Å²) in [6.45, 7) is 1.60. The minimum Gasteiger partial charge on any atom is -0.317 e. The van der Waals surface area contributed by atoms with Gasteiger partial charge in [-0.25, -0.2) is 0 Å². The summed E-state index contributed by atoms with van der Waals surface area (Å²) in [5.74, 6) is 0.365. The molecule has 0 amide bonds. The van der Waals surface area contributed by atoms with E-state index in [1.165, 1.54) is 0 Å². The van der Waals surface area contributed by atoms with E-state index in [4.69, 9.17) is 5.26 Å². The Morgan fingerprint density at radius 3 is 2.67 bits per heavy atom. The molecule has 1 heterocycles. The van der Waals surface area contributed by atoms with Crippen molar-refractivity contribution in [3.63, 3.8) is 0 Å². The molecule has 0 aromatic carbocycles. The SMILES string of the molecule is N#CC(CCF)C1CCNCC1. The monoisotopic (exact) mass is 170 g/mol. The van der Waals surface area contributed by atoms with Crippen LogP contribution in [0.15, 0.2) is 0 Å². The van der Waals surface area contributed by atoms with Crippen molar-refractivity contribution in [2.24, 2.45) is 11.8 Å². The summed E-state index contributed by atoms with van der Waals surface area (Å²) >= 11 is 0. The summed E-state index contributed by atoms with van der Waals surface area (Å²) in [6, 6.07) is 2.20. The van der Waals surface area contributed by atoms with Crippen LogP contribution in [0, 0.1) is 23.2 Å². The van der Waals surface area contributed by atoms with Crippen LogP contribution in [0.2, 0.25) is 0 Å². The van der Waals surface area contributed by atoms with Gasteiger partial charge in [0.2, 0.25) is 0 Å². The standard InChI is InChI=1S/C9H15FN2/c10-4-1-9(7-11)8-2-5-12-6-3-8/h8-9,12H,1-6H2. The zero-order valence-electron chi connectivity index (χ0n) is 7.22. The fraction of sp³-hybridized carbons (Fsp3) is 0.889. The number of alkyl halides is 1. The number of nitriles is 1. The van der Waals surface area contributed by atoms with E-state index < -0.39 is 0 Å². The summed E-state index contributed by atoms with van der Waals surface area (Å²) in [6.07, 6.45) is 2.47. The lowest BCUT2D eigenvalue weighted by Gasteiger charge is -2.25. The van der Waals surface area contributed by atoms with E-state index in [1.807, 2.05) is 0 Å². The Labute approximate surface area is 72.8 Å². The first kappa shape index (κ1) is 9.47. The van der Waals surface area contributed by atoms with Crippen molar-refractivity contribution in [2.45, 2.75) is 19.3 Å². The molecule has 1 aliphatic heterocycles. The highest BCUT2D eigenvalue weighted by molar-refractivity contribution is 4.89. The van der Waals surface area contributed by atoms with Gasteiger partial charge in [0.1, 0.15) is 0 Å². The molecule has 0 bridgehead atoms. The van der Waals surface area contributed by atoms with Gasteiger partial charge in [-0.05, 0) is 38.3 Å². The predicted molar refractivity (Wildman–Crippen MR) is 45.3 cm³/mol. The van der Waals surface area contributed by atoms with Gasteiger partial charge in [-0.2, -0.15) is 5.26 Å². The average Bonchev–Trinajstić information content (AvgIpc) is 2.15. The highest BCUT2D eigenvalue weighted by Crippen LogP contribution is 2.23. The topological polar surface area (TPSA) is 35.8 Å². The fourth-order valence-corrected chi connectivity index (χ4v) is 1.77. The number of hydrogen-bond donors (Lipinski definition) is 1. The van der Waals surface area contributed by atoms with Crippen LogP contribution in [0.1, 0.15) is 19.3 Å². The number of halogens is 1. The predicted octanol–water partition coefficient (Wildman–Crippen LogP) is 1.49. The molecule has 1 N–H and O–H groups in total. The van der Waals surface area contributed by atoms with E-state index in [0.29, 0.717) is 12.3 Å². The second-order valence-corrected chi connectivity index (χ2v) is 3.30. The van der Waals surface area contributed by atoms with Crippen molar-refractivity contribution in [1.29, 1.82) is 5.26 Å². The van der Waals surface area contributed by atoms with E-state index in [2.05, 4.69) is 11.4 Å². The molecule has 12 heavy (non-hydrogen) atoms. The molecule has 68 valence electrons. The molecule has 3 heteroatoms. The molecule has 0 aliphatic carbocycles. The van der Waals surface area contributed by atoms with Gasteiger partial charge in [-0.15, -0.1) is 0 Å². The summed E-state index contributed by atoms with van der Waals surface area (Å²) in [4.78, 5) is 0. The number of piperidine rings is 1. The largest absolute Gasteiger partial charge is 0.317 e. The van der Waals surface area contributed by atoms with Crippen LogP contribution < -0.4 is 5.32 Å². The van der Waals surface area contributed by atoms with E-state index in [1.54, 1.807) is 0 Å². The van der Waals surface area contributed by atoms with Crippen LogP contribution in [0.4, 0.5) is 4.39 Å². The van der Waals surface area contributed by atoms with Gasteiger partial charge in [0.25, 0.3) is 0 Å². The van der Waals surface area contributed by atoms with E-state index in [9.17, 15) is 4.39 Å². The van der Waals surface area contributed by atoms with Crippen molar-refractivity contribution in [3.05, 3.63) is 0 Å². The summed E-state index contributed by atoms with van der Waals surface area (Å²) in [5.41, 5.74) is 0. The highest BCUT2D eigenvalue weighted by atomic mass is 19.1. The molecular formula is C9H15FN2. The second-order valence-electron chi connectivity index (χ2n) is 3.30. The Morgan fingerprint density at radius 1 is 1.50 bits per heavy atom. The lowest BCUT2D eigenvalue weighted by molar-refractivity contribution is 0.274. The van der Waals surface area contributed by atoms with Crippen LogP contribution in [-0.4, -0.2) is 19.8 Å². The molecule has 0 radical (unpaired) electrons. The smallest absolute Gasteiger partial charge is 0.0907 e. The molecule has 1 unspecified atom stereocenters. The molecule has 0 aromatic heterocycles. The molecule has 1 atom stereocenters. The van der Waals surface area contributed by atoms with Gasteiger partial charge >= 0.3 is 0 Å². The van der Waals surface area contributed by atoms with E-state index in [0.717, 1.165) is 25.9 Å². The number of hydrogen-bond acceptors (Lipinski definition) is 2. The maximum absolute atomic E-state index is 12.0. The average molecular weight is 170 g/mol. The van der Waals surface area contributed by atoms with Crippen LogP contribution in [0.25, 0.3) is 0 Å². The Balaban J connectivity index is 2.36. The molecule has 1 aliphatic rings. The molecule has 0 spiro atoms. The summed E-state index contributed by atoms with van der Waals surface area (Å²) in [5, 5.41) is 12.0. The van der Waals surface area contributed by atoms with Gasteiger partial charge in [0, 0.05) is 0 Å². The fourth-order valence-electron chi connectivity index (χ4n) is 1.77. The number of nitrogens with one attached hydrogen (secondary N) is 1. The van der Waals surface area contributed by atoms with Crippen LogP contribution in [0.5, 0.6) is 0 Å². The summed E-state index contributed by atoms with van der Waals surface area (Å²) < 4.78 is 12.0. The molecule has 0 saturated carbocycles. The van der Waals surface area contributed by atoms with Gasteiger partial charge < -0.3 is 5.32 Å². The van der Waals surface area contributed by atoms with Gasteiger partial charge in [0.15, 0.2) is 0 Å². The molecule has 0 aromatic rings. The van der Waals surface area contributed by atoms with E-state index in [-0.39, 0.29) is 12.6 Å². The molecule has 1 saturated heterocycles. The Hall–Kier alpha value is -0.620. The Kier molecular flexibility index (Phi) is 4.02. The quantitative estimate of drug-likeness (QED) is 0.696. The van der Waals surface area contributed by atoms with Crippen LogP contribution >= 0.6 is 0 Å². The van der Waals surface area contributed by atoms with Crippen molar-refractivity contribution in [1.82, 2.24) is 5.32 Å². The first-order valence-electron chi connectivity index (χ1n) is 4.54. The van der Waals surface area contributed by atoms with Crippen LogP contribution in [-0.2, 0) is 0 Å². The van der Waals surface area contributed by atoms with Gasteiger partial charge in [0.05, 0.1) is 18.7 Å². The molecule has 2 nitrogen and oxygen atoms in total. The Bertz CT molecular complexity index is 158. The number of nitrogens with zero attached hydrogens (tertiary/aromatic N) is 1. The van der Waals surface area contributed by atoms with E-state index >= 15 is 0 Å². The lowest BCUT2D eigenvalue weighted by Crippen LogP contribution is -2.31. The second kappa shape index (κ2) is 5.10. The first-order valence-corrected chi connectivity index (χ1v) is 4.54. The maximum atomic E-state index is 12.0. The number of rotatable bonds is 3. The van der Waals surface area contributed by atoms with Crippen molar-refractivity contribution in [2.75, 3.05) is 19.8 Å². The van der Waals surface area contributed by atoms with Crippen LogP contribution in [0.3, 0.4) is 0 Å². The lowest BCUT2D eigenvalue weighted by atomic mass is 9.84. The molecule has 1 rings (SSSR count). The third-order valence-corrected chi connectivity index (χ3v) is 2.54. The first-order chi connectivity index (χ1) is 5.88. The zero-order chi connectivity index (χ0) is 8.81. The minimum absolute atomic E-state index is 0.0582. The normalized spacial score (nSPS) is 21.7. The highest BCUT2D eigenvalue weighted by Gasteiger charge is 2.22. The zero-order valence-corrected chi connectivity index (χ0v) is 7.22. The molecule has 1 fully saturated rings. The molecular weight excluding hydrogens is 155 g/mol. The maximum Gasteiger partial charge on any atom is 0.0907 e. The Morgan fingerprint density at radius 2 is 2.17 bits per heavy atom. The minimum atomic E-state index is -0.359. The third-order valence-electron chi connectivity index (χ3n) is 2.54. The van der Waals surface area contributed by atoms with Gasteiger partial charge in [-0.3, -0.25) is 4.39 Å². The van der Waals surface area contributed by atoms with Crippen molar-refractivity contribution < 1.29 is 4.39 Å². The van der Waals surface area contributed by atoms with Crippen molar-refractivity contribution in [3.8, 4) is 6.07 Å². The van der Waals surface area contributed by atoms with Crippen molar-refractivity contribution >= 4 is 0 Å².